The predicted octanol–water partition coefficient (Wildman–Crippen LogP) is 1.65. The van der Waals surface area contributed by atoms with Crippen LogP contribution in [0.15, 0.2) is 11.8 Å². The van der Waals surface area contributed by atoms with Gasteiger partial charge in [-0.3, -0.25) is 0 Å². The molecule has 1 aliphatic heterocycles. The molecular formula is C9H17NO. The Morgan fingerprint density at radius 3 is 2.73 bits per heavy atom. The van der Waals surface area contributed by atoms with Crippen LogP contribution in [0.25, 0.3) is 0 Å². The van der Waals surface area contributed by atoms with Crippen LogP contribution in [0.2, 0.25) is 0 Å². The van der Waals surface area contributed by atoms with Crippen molar-refractivity contribution in [3.05, 3.63) is 11.8 Å². The van der Waals surface area contributed by atoms with E-state index in [2.05, 4.69) is 25.8 Å². The lowest BCUT2D eigenvalue weighted by Crippen LogP contribution is -2.37. The highest BCUT2D eigenvalue weighted by molar-refractivity contribution is 5.08. The molecule has 0 amide bonds. The number of hydrogen-bond acceptors (Lipinski definition) is 2. The summed E-state index contributed by atoms with van der Waals surface area (Å²) in [6, 6.07) is 0. The van der Waals surface area contributed by atoms with Crippen LogP contribution in [0.1, 0.15) is 13.8 Å². The van der Waals surface area contributed by atoms with Crippen LogP contribution < -0.4 is 0 Å². The van der Waals surface area contributed by atoms with Gasteiger partial charge in [-0.05, 0) is 24.5 Å². The second-order valence-electron chi connectivity index (χ2n) is 3.67. The fourth-order valence-electron chi connectivity index (χ4n) is 1.69. The quantitative estimate of drug-likeness (QED) is 0.538. The van der Waals surface area contributed by atoms with Crippen molar-refractivity contribution in [1.29, 1.82) is 0 Å². The molecular weight excluding hydrogens is 138 g/mol. The molecule has 1 N–H and O–H groups in total. The van der Waals surface area contributed by atoms with Gasteiger partial charge in [0, 0.05) is 13.1 Å². The van der Waals surface area contributed by atoms with E-state index in [0.29, 0.717) is 11.8 Å². The van der Waals surface area contributed by atoms with Gasteiger partial charge >= 0.3 is 0 Å². The molecule has 0 saturated carbocycles. The van der Waals surface area contributed by atoms with Crippen LogP contribution in [-0.2, 0) is 0 Å². The molecule has 1 saturated heterocycles. The molecule has 1 heterocycles. The molecule has 0 aliphatic carbocycles. The molecule has 0 aromatic rings. The van der Waals surface area contributed by atoms with Crippen molar-refractivity contribution in [1.82, 2.24) is 4.90 Å². The van der Waals surface area contributed by atoms with E-state index in [4.69, 9.17) is 5.11 Å². The molecule has 2 atom stereocenters. The van der Waals surface area contributed by atoms with E-state index in [1.54, 1.807) is 0 Å². The van der Waals surface area contributed by atoms with E-state index in [1.807, 2.05) is 0 Å². The Morgan fingerprint density at radius 2 is 2.18 bits per heavy atom. The Bertz CT molecular complexity index is 165. The van der Waals surface area contributed by atoms with Gasteiger partial charge in [-0.1, -0.05) is 13.8 Å². The average molecular weight is 155 g/mol. The third-order valence-corrected chi connectivity index (χ3v) is 2.66. The molecule has 11 heavy (non-hydrogen) atoms. The van der Waals surface area contributed by atoms with Crippen LogP contribution in [0, 0.1) is 11.8 Å². The third-order valence-electron chi connectivity index (χ3n) is 2.66. The summed E-state index contributed by atoms with van der Waals surface area (Å²) < 4.78 is 0. The highest BCUT2D eigenvalue weighted by atomic mass is 16.2. The number of aliphatic hydroxyl groups excluding tert-OH is 1. The summed E-state index contributed by atoms with van der Waals surface area (Å²) in [5, 5.41) is 8.91. The SMILES string of the molecule is CC1CN(C)C/C(=C\O)C1C. The lowest BCUT2D eigenvalue weighted by molar-refractivity contribution is 0.213. The summed E-state index contributed by atoms with van der Waals surface area (Å²) in [6.45, 7) is 6.46. The Labute approximate surface area is 68.5 Å². The van der Waals surface area contributed by atoms with Crippen LogP contribution in [-0.4, -0.2) is 30.1 Å². The maximum absolute atomic E-state index is 8.91. The van der Waals surface area contributed by atoms with Crippen molar-refractivity contribution in [3.8, 4) is 0 Å². The summed E-state index contributed by atoms with van der Waals surface area (Å²) in [7, 11) is 2.09. The highest BCUT2D eigenvalue weighted by Crippen LogP contribution is 2.25. The van der Waals surface area contributed by atoms with E-state index < -0.39 is 0 Å². The molecule has 0 spiro atoms. The van der Waals surface area contributed by atoms with E-state index in [-0.39, 0.29) is 0 Å². The van der Waals surface area contributed by atoms with E-state index in [0.717, 1.165) is 18.7 Å². The van der Waals surface area contributed by atoms with Gasteiger partial charge in [0.1, 0.15) is 0 Å². The lowest BCUT2D eigenvalue weighted by atomic mass is 9.85. The number of aliphatic hydroxyl groups is 1. The Balaban J connectivity index is 2.67. The Morgan fingerprint density at radius 1 is 1.55 bits per heavy atom. The number of rotatable bonds is 0. The minimum atomic E-state index is 0.538. The van der Waals surface area contributed by atoms with Gasteiger partial charge in [0.2, 0.25) is 0 Å². The maximum Gasteiger partial charge on any atom is 0.0799 e. The number of likely N-dealkylation sites (tertiary alicyclic amines) is 1. The third kappa shape index (κ3) is 1.74. The molecule has 1 aliphatic rings. The number of hydrogen-bond donors (Lipinski definition) is 1. The zero-order valence-corrected chi connectivity index (χ0v) is 7.54. The second kappa shape index (κ2) is 3.26. The highest BCUT2D eigenvalue weighted by Gasteiger charge is 2.24. The fraction of sp³-hybridized carbons (Fsp3) is 0.778. The van der Waals surface area contributed by atoms with E-state index >= 15 is 0 Å². The lowest BCUT2D eigenvalue weighted by Gasteiger charge is -2.34. The topological polar surface area (TPSA) is 23.5 Å². The van der Waals surface area contributed by atoms with Crippen molar-refractivity contribution in [2.75, 3.05) is 20.1 Å². The van der Waals surface area contributed by atoms with Gasteiger partial charge in [-0.15, -0.1) is 0 Å². The van der Waals surface area contributed by atoms with Crippen LogP contribution in [0.4, 0.5) is 0 Å². The van der Waals surface area contributed by atoms with Gasteiger partial charge in [0.25, 0.3) is 0 Å². The first-order valence-corrected chi connectivity index (χ1v) is 4.17. The maximum atomic E-state index is 8.91. The zero-order valence-electron chi connectivity index (χ0n) is 7.54. The monoisotopic (exact) mass is 155 g/mol. The standard InChI is InChI=1S/C9H17NO/c1-7-4-10(3)5-9(6-11)8(7)2/h6-8,11H,4-5H2,1-3H3/b9-6+. The summed E-state index contributed by atoms with van der Waals surface area (Å²) in [6.07, 6.45) is 1.27. The van der Waals surface area contributed by atoms with E-state index in [9.17, 15) is 0 Å². The fourth-order valence-corrected chi connectivity index (χ4v) is 1.69. The second-order valence-corrected chi connectivity index (χ2v) is 3.67. The van der Waals surface area contributed by atoms with Crippen LogP contribution >= 0.6 is 0 Å². The molecule has 1 fully saturated rings. The minimum absolute atomic E-state index is 0.538. The molecule has 2 nitrogen and oxygen atoms in total. The van der Waals surface area contributed by atoms with Gasteiger partial charge in [-0.2, -0.15) is 0 Å². The average Bonchev–Trinajstić information content (AvgIpc) is 1.96. The normalized spacial score (nSPS) is 37.9. The molecule has 2 unspecified atom stereocenters. The molecule has 0 bridgehead atoms. The molecule has 64 valence electrons. The predicted molar refractivity (Wildman–Crippen MR) is 46.5 cm³/mol. The number of piperidine rings is 1. The largest absolute Gasteiger partial charge is 0.516 e. The molecule has 0 aromatic heterocycles. The minimum Gasteiger partial charge on any atom is -0.516 e. The van der Waals surface area contributed by atoms with Crippen molar-refractivity contribution in [3.63, 3.8) is 0 Å². The van der Waals surface area contributed by atoms with Crippen molar-refractivity contribution in [2.45, 2.75) is 13.8 Å². The molecule has 0 radical (unpaired) electrons. The van der Waals surface area contributed by atoms with Crippen molar-refractivity contribution in [2.24, 2.45) is 11.8 Å². The van der Waals surface area contributed by atoms with Gasteiger partial charge in [0.05, 0.1) is 6.26 Å². The summed E-state index contributed by atoms with van der Waals surface area (Å²) >= 11 is 0. The molecule has 1 rings (SSSR count). The van der Waals surface area contributed by atoms with E-state index in [1.165, 1.54) is 6.26 Å². The first kappa shape index (κ1) is 8.60. The van der Waals surface area contributed by atoms with Crippen molar-refractivity contribution >= 4 is 0 Å². The van der Waals surface area contributed by atoms with Crippen LogP contribution in [0.3, 0.4) is 0 Å². The Kier molecular flexibility index (Phi) is 2.55. The van der Waals surface area contributed by atoms with Gasteiger partial charge < -0.3 is 10.0 Å². The van der Waals surface area contributed by atoms with Gasteiger partial charge in [0.15, 0.2) is 0 Å². The van der Waals surface area contributed by atoms with Crippen LogP contribution in [0.5, 0.6) is 0 Å². The zero-order chi connectivity index (χ0) is 8.43. The van der Waals surface area contributed by atoms with Gasteiger partial charge in [-0.25, -0.2) is 0 Å². The summed E-state index contributed by atoms with van der Waals surface area (Å²) in [5.74, 6) is 1.20. The molecule has 2 heteroatoms. The first-order chi connectivity index (χ1) is 5.15. The first-order valence-electron chi connectivity index (χ1n) is 4.17. The smallest absolute Gasteiger partial charge is 0.0799 e. The summed E-state index contributed by atoms with van der Waals surface area (Å²) in [5.41, 5.74) is 1.16. The number of likely N-dealkylation sites (N-methyl/N-ethyl adjacent to an activating group) is 1. The Hall–Kier alpha value is -0.500. The summed E-state index contributed by atoms with van der Waals surface area (Å²) in [4.78, 5) is 2.24. The van der Waals surface area contributed by atoms with Crippen molar-refractivity contribution < 1.29 is 5.11 Å². The number of nitrogens with zero attached hydrogens (tertiary/aromatic N) is 1. The molecule has 0 aromatic carbocycles.